The standard InChI is InChI=1S/C19H31NO4/c1-7-20(8-2)11-15(21)12-24-18-14(5)9-10-16(13(3)4)17(18)19(22)23-6/h9-10,13,15,21H,7-8,11-12H2,1-6H3. The fraction of sp³-hybridized carbons (Fsp3) is 0.632. The van der Waals surface area contributed by atoms with Crippen LogP contribution in [0.5, 0.6) is 5.75 Å². The number of carbonyl (C=O) groups excluding carboxylic acids is 1. The number of methoxy groups -OCH3 is 1. The number of aryl methyl sites for hydroxylation is 1. The third-order valence-corrected chi connectivity index (χ3v) is 4.18. The van der Waals surface area contributed by atoms with Crippen molar-refractivity contribution in [3.63, 3.8) is 0 Å². The van der Waals surface area contributed by atoms with Gasteiger partial charge in [0.05, 0.1) is 7.11 Å². The number of benzene rings is 1. The van der Waals surface area contributed by atoms with E-state index in [-0.39, 0.29) is 12.5 Å². The van der Waals surface area contributed by atoms with Gasteiger partial charge in [0.25, 0.3) is 0 Å². The first-order valence-corrected chi connectivity index (χ1v) is 8.60. The SMILES string of the molecule is CCN(CC)CC(O)COc1c(C)ccc(C(C)C)c1C(=O)OC. The molecule has 0 saturated heterocycles. The summed E-state index contributed by atoms with van der Waals surface area (Å²) in [5, 5.41) is 10.2. The van der Waals surface area contributed by atoms with E-state index >= 15 is 0 Å². The summed E-state index contributed by atoms with van der Waals surface area (Å²) in [5.74, 6) is 0.268. The van der Waals surface area contributed by atoms with E-state index < -0.39 is 12.1 Å². The zero-order valence-electron chi connectivity index (χ0n) is 15.8. The molecule has 5 heteroatoms. The molecule has 24 heavy (non-hydrogen) atoms. The highest BCUT2D eigenvalue weighted by Gasteiger charge is 2.23. The van der Waals surface area contributed by atoms with Gasteiger partial charge >= 0.3 is 5.97 Å². The Morgan fingerprint density at radius 2 is 1.88 bits per heavy atom. The number of aliphatic hydroxyl groups excluding tert-OH is 1. The average molecular weight is 337 g/mol. The zero-order chi connectivity index (χ0) is 18.3. The molecule has 1 aromatic rings. The Morgan fingerprint density at radius 1 is 1.25 bits per heavy atom. The van der Waals surface area contributed by atoms with Crippen molar-refractivity contribution in [2.75, 3.05) is 33.4 Å². The molecule has 1 N–H and O–H groups in total. The first-order valence-electron chi connectivity index (χ1n) is 8.60. The Kier molecular flexibility index (Phi) is 8.22. The summed E-state index contributed by atoms with van der Waals surface area (Å²) < 4.78 is 10.8. The van der Waals surface area contributed by atoms with Crippen molar-refractivity contribution in [2.45, 2.75) is 46.6 Å². The minimum atomic E-state index is -0.613. The first kappa shape index (κ1) is 20.5. The topological polar surface area (TPSA) is 59.0 Å². The lowest BCUT2D eigenvalue weighted by atomic mass is 9.94. The monoisotopic (exact) mass is 337 g/mol. The Bertz CT molecular complexity index is 538. The van der Waals surface area contributed by atoms with E-state index in [4.69, 9.17) is 9.47 Å². The van der Waals surface area contributed by atoms with E-state index in [1.807, 2.05) is 32.9 Å². The number of carbonyl (C=O) groups is 1. The van der Waals surface area contributed by atoms with Crippen molar-refractivity contribution in [1.82, 2.24) is 4.90 Å². The molecule has 0 saturated carbocycles. The maximum absolute atomic E-state index is 12.3. The van der Waals surface area contributed by atoms with Crippen molar-refractivity contribution >= 4 is 5.97 Å². The molecule has 0 amide bonds. The fourth-order valence-corrected chi connectivity index (χ4v) is 2.69. The lowest BCUT2D eigenvalue weighted by Gasteiger charge is -2.23. The molecular formula is C19H31NO4. The van der Waals surface area contributed by atoms with E-state index in [1.54, 1.807) is 0 Å². The molecule has 0 bridgehead atoms. The number of rotatable bonds is 9. The van der Waals surface area contributed by atoms with Gasteiger partial charge in [-0.1, -0.05) is 39.8 Å². The molecule has 1 rings (SSSR count). The lowest BCUT2D eigenvalue weighted by Crippen LogP contribution is -2.35. The molecule has 0 aliphatic carbocycles. The Morgan fingerprint density at radius 3 is 2.38 bits per heavy atom. The maximum Gasteiger partial charge on any atom is 0.341 e. The van der Waals surface area contributed by atoms with Gasteiger partial charge in [-0.15, -0.1) is 0 Å². The summed E-state index contributed by atoms with van der Waals surface area (Å²) >= 11 is 0. The number of hydrogen-bond donors (Lipinski definition) is 1. The van der Waals surface area contributed by atoms with Gasteiger partial charge in [0.15, 0.2) is 0 Å². The van der Waals surface area contributed by atoms with Crippen molar-refractivity contribution in [1.29, 1.82) is 0 Å². The molecule has 0 aliphatic heterocycles. The van der Waals surface area contributed by atoms with Crippen LogP contribution in [0.2, 0.25) is 0 Å². The molecule has 0 fully saturated rings. The second-order valence-corrected chi connectivity index (χ2v) is 6.27. The van der Waals surface area contributed by atoms with Crippen LogP contribution < -0.4 is 4.74 Å². The van der Waals surface area contributed by atoms with Gasteiger partial charge in [-0.05, 0) is 37.1 Å². The summed E-state index contributed by atoms with van der Waals surface area (Å²) in [4.78, 5) is 14.4. The Hall–Kier alpha value is -1.59. The van der Waals surface area contributed by atoms with Crippen LogP contribution in [-0.2, 0) is 4.74 Å². The molecule has 1 atom stereocenters. The van der Waals surface area contributed by atoms with Crippen LogP contribution in [0.3, 0.4) is 0 Å². The van der Waals surface area contributed by atoms with Crippen molar-refractivity contribution < 1.29 is 19.4 Å². The predicted molar refractivity (Wildman–Crippen MR) is 95.9 cm³/mol. The van der Waals surface area contributed by atoms with Crippen LogP contribution in [0.1, 0.15) is 55.1 Å². The second-order valence-electron chi connectivity index (χ2n) is 6.27. The largest absolute Gasteiger partial charge is 0.490 e. The molecule has 0 aromatic heterocycles. The maximum atomic E-state index is 12.3. The number of aliphatic hydroxyl groups is 1. The minimum Gasteiger partial charge on any atom is -0.490 e. The Labute approximate surface area is 145 Å². The predicted octanol–water partition coefficient (Wildman–Crippen LogP) is 2.99. The summed E-state index contributed by atoms with van der Waals surface area (Å²) in [7, 11) is 1.37. The smallest absolute Gasteiger partial charge is 0.341 e. The van der Waals surface area contributed by atoms with Gasteiger partial charge in [0.2, 0.25) is 0 Å². The summed E-state index contributed by atoms with van der Waals surface area (Å²) in [5.41, 5.74) is 2.21. The van der Waals surface area contributed by atoms with E-state index in [9.17, 15) is 9.90 Å². The normalized spacial score (nSPS) is 12.5. The fourth-order valence-electron chi connectivity index (χ4n) is 2.69. The number of ether oxygens (including phenoxy) is 2. The van der Waals surface area contributed by atoms with Gasteiger partial charge < -0.3 is 19.5 Å². The molecule has 0 heterocycles. The van der Waals surface area contributed by atoms with Crippen LogP contribution in [0.4, 0.5) is 0 Å². The first-order chi connectivity index (χ1) is 11.3. The number of likely N-dealkylation sites (N-methyl/N-ethyl adjacent to an activating group) is 1. The van der Waals surface area contributed by atoms with Gasteiger partial charge in [-0.3, -0.25) is 0 Å². The van der Waals surface area contributed by atoms with Gasteiger partial charge in [-0.2, -0.15) is 0 Å². The van der Waals surface area contributed by atoms with Gasteiger partial charge in [-0.25, -0.2) is 4.79 Å². The lowest BCUT2D eigenvalue weighted by molar-refractivity contribution is 0.0570. The number of esters is 1. The third-order valence-electron chi connectivity index (χ3n) is 4.18. The molecule has 136 valence electrons. The molecular weight excluding hydrogens is 306 g/mol. The van der Waals surface area contributed by atoms with Crippen molar-refractivity contribution in [2.24, 2.45) is 0 Å². The molecule has 1 aromatic carbocycles. The van der Waals surface area contributed by atoms with E-state index in [0.717, 1.165) is 24.2 Å². The van der Waals surface area contributed by atoms with Crippen LogP contribution in [-0.4, -0.2) is 55.4 Å². The summed E-state index contributed by atoms with van der Waals surface area (Å²) in [6.07, 6.45) is -0.613. The van der Waals surface area contributed by atoms with E-state index in [0.29, 0.717) is 17.9 Å². The van der Waals surface area contributed by atoms with Crippen molar-refractivity contribution in [3.8, 4) is 5.75 Å². The van der Waals surface area contributed by atoms with Crippen LogP contribution in [0.15, 0.2) is 12.1 Å². The summed E-state index contributed by atoms with van der Waals surface area (Å²) in [6.45, 7) is 12.5. The highest BCUT2D eigenvalue weighted by molar-refractivity contribution is 5.95. The number of nitrogens with zero attached hydrogens (tertiary/aromatic N) is 1. The zero-order valence-corrected chi connectivity index (χ0v) is 15.8. The van der Waals surface area contributed by atoms with E-state index in [1.165, 1.54) is 7.11 Å². The minimum absolute atomic E-state index is 0.142. The summed E-state index contributed by atoms with van der Waals surface area (Å²) in [6, 6.07) is 3.87. The molecule has 0 radical (unpaired) electrons. The third kappa shape index (κ3) is 5.21. The quantitative estimate of drug-likeness (QED) is 0.702. The van der Waals surface area contributed by atoms with Gasteiger partial charge in [0, 0.05) is 6.54 Å². The molecule has 1 unspecified atom stereocenters. The van der Waals surface area contributed by atoms with Crippen LogP contribution in [0.25, 0.3) is 0 Å². The van der Waals surface area contributed by atoms with E-state index in [2.05, 4.69) is 18.7 Å². The second kappa shape index (κ2) is 9.64. The number of hydrogen-bond acceptors (Lipinski definition) is 5. The molecule has 0 spiro atoms. The van der Waals surface area contributed by atoms with Crippen molar-refractivity contribution in [3.05, 3.63) is 28.8 Å². The average Bonchev–Trinajstić information content (AvgIpc) is 2.57. The highest BCUT2D eigenvalue weighted by atomic mass is 16.5. The van der Waals surface area contributed by atoms with Crippen LogP contribution in [0, 0.1) is 6.92 Å². The molecule has 0 aliphatic rings. The highest BCUT2D eigenvalue weighted by Crippen LogP contribution is 2.32. The molecule has 5 nitrogen and oxygen atoms in total. The van der Waals surface area contributed by atoms with Crippen LogP contribution >= 0.6 is 0 Å². The van der Waals surface area contributed by atoms with Gasteiger partial charge in [0.1, 0.15) is 24.0 Å². The Balaban J connectivity index is 3.01.